The summed E-state index contributed by atoms with van der Waals surface area (Å²) in [5, 5.41) is 3.39. The molecule has 27 heavy (non-hydrogen) atoms. The third kappa shape index (κ3) is 3.47. The van der Waals surface area contributed by atoms with Crippen LogP contribution in [0.15, 0.2) is 41.3 Å². The lowest BCUT2D eigenvalue weighted by atomic mass is 10.1. The van der Waals surface area contributed by atoms with E-state index < -0.39 is 0 Å². The van der Waals surface area contributed by atoms with Crippen molar-refractivity contribution < 1.29 is 4.79 Å². The fourth-order valence-corrected chi connectivity index (χ4v) is 3.53. The van der Waals surface area contributed by atoms with Crippen molar-refractivity contribution in [2.45, 2.75) is 45.6 Å². The number of hydrogen-bond acceptors (Lipinski definition) is 4. The first-order chi connectivity index (χ1) is 13.1. The van der Waals surface area contributed by atoms with Crippen LogP contribution in [-0.4, -0.2) is 20.4 Å². The van der Waals surface area contributed by atoms with Gasteiger partial charge in [0.25, 0.3) is 11.5 Å². The average Bonchev–Trinajstić information content (AvgIpc) is 2.65. The summed E-state index contributed by atoms with van der Waals surface area (Å²) in [5.41, 5.74) is 1.93. The van der Waals surface area contributed by atoms with Gasteiger partial charge >= 0.3 is 0 Å². The number of pyridine rings is 1. The third-order valence-electron chi connectivity index (χ3n) is 5.07. The van der Waals surface area contributed by atoms with Crippen molar-refractivity contribution >= 4 is 22.6 Å². The molecule has 6 nitrogen and oxygen atoms in total. The van der Waals surface area contributed by atoms with E-state index in [-0.39, 0.29) is 11.5 Å². The largest absolute Gasteiger partial charge is 0.306 e. The van der Waals surface area contributed by atoms with Gasteiger partial charge in [-0.3, -0.25) is 14.2 Å². The molecule has 0 bridgehead atoms. The number of rotatable bonds is 2. The number of anilines is 1. The summed E-state index contributed by atoms with van der Waals surface area (Å²) in [4.78, 5) is 34.4. The van der Waals surface area contributed by atoms with Gasteiger partial charge in [0, 0.05) is 24.7 Å². The summed E-state index contributed by atoms with van der Waals surface area (Å²) in [5.74, 6) is 1.10. The second kappa shape index (κ2) is 7.31. The van der Waals surface area contributed by atoms with Crippen LogP contribution in [0.4, 0.5) is 5.82 Å². The zero-order chi connectivity index (χ0) is 18.8. The number of benzene rings is 1. The van der Waals surface area contributed by atoms with E-state index in [1.54, 1.807) is 29.0 Å². The zero-order valence-electron chi connectivity index (χ0n) is 15.4. The van der Waals surface area contributed by atoms with Gasteiger partial charge in [-0.2, -0.15) is 0 Å². The Morgan fingerprint density at radius 1 is 1.15 bits per heavy atom. The maximum absolute atomic E-state index is 12.9. The summed E-state index contributed by atoms with van der Waals surface area (Å²) in [6.45, 7) is 2.61. The SMILES string of the molecule is Cc1cccnc1NC(=O)c1ccc2c(=O)n3c(nc2c1)CCCCCC3. The van der Waals surface area contributed by atoms with Crippen molar-refractivity contribution in [2.24, 2.45) is 0 Å². The van der Waals surface area contributed by atoms with Crippen molar-refractivity contribution in [1.29, 1.82) is 0 Å². The molecule has 1 aromatic carbocycles. The van der Waals surface area contributed by atoms with Crippen molar-refractivity contribution in [3.63, 3.8) is 0 Å². The summed E-state index contributed by atoms with van der Waals surface area (Å²) >= 11 is 0. The number of fused-ring (bicyclic) bond motifs is 2. The van der Waals surface area contributed by atoms with Gasteiger partial charge in [-0.15, -0.1) is 0 Å². The van der Waals surface area contributed by atoms with Crippen molar-refractivity contribution in [1.82, 2.24) is 14.5 Å². The number of aromatic nitrogens is 3. The molecule has 0 aliphatic carbocycles. The standard InChI is InChI=1S/C21H22N4O2/c1-14-7-6-11-22-19(14)24-20(26)15-9-10-16-17(13-15)23-18-8-4-2-3-5-12-25(18)21(16)27/h6-7,9-11,13H,2-5,8,12H2,1H3,(H,22,24,26). The number of amides is 1. The summed E-state index contributed by atoms with van der Waals surface area (Å²) < 4.78 is 1.80. The molecule has 0 atom stereocenters. The van der Waals surface area contributed by atoms with Crippen LogP contribution in [-0.2, 0) is 13.0 Å². The Morgan fingerprint density at radius 2 is 2.00 bits per heavy atom. The maximum atomic E-state index is 12.9. The van der Waals surface area contributed by atoms with Gasteiger partial charge in [0.05, 0.1) is 10.9 Å². The van der Waals surface area contributed by atoms with E-state index in [0.29, 0.717) is 22.3 Å². The van der Waals surface area contributed by atoms with Crippen LogP contribution in [0.1, 0.15) is 47.4 Å². The van der Waals surface area contributed by atoms with E-state index >= 15 is 0 Å². The highest BCUT2D eigenvalue weighted by molar-refractivity contribution is 6.05. The highest BCUT2D eigenvalue weighted by Crippen LogP contribution is 2.17. The first-order valence-electron chi connectivity index (χ1n) is 9.40. The molecular weight excluding hydrogens is 340 g/mol. The summed E-state index contributed by atoms with van der Waals surface area (Å²) in [6.07, 6.45) is 6.80. The Morgan fingerprint density at radius 3 is 2.85 bits per heavy atom. The van der Waals surface area contributed by atoms with Gasteiger partial charge < -0.3 is 5.32 Å². The van der Waals surface area contributed by atoms with E-state index in [4.69, 9.17) is 4.98 Å². The molecule has 3 aromatic rings. The Kier molecular flexibility index (Phi) is 4.71. The van der Waals surface area contributed by atoms with Crippen molar-refractivity contribution in [3.05, 3.63) is 63.8 Å². The van der Waals surface area contributed by atoms with E-state index in [1.165, 1.54) is 6.42 Å². The molecule has 1 aliphatic heterocycles. The van der Waals surface area contributed by atoms with Gasteiger partial charge in [-0.1, -0.05) is 18.9 Å². The molecule has 2 aromatic heterocycles. The zero-order valence-corrected chi connectivity index (χ0v) is 15.4. The summed E-state index contributed by atoms with van der Waals surface area (Å²) in [6, 6.07) is 8.80. The first kappa shape index (κ1) is 17.4. The molecule has 4 rings (SSSR count). The monoisotopic (exact) mass is 362 g/mol. The quantitative estimate of drug-likeness (QED) is 0.757. The predicted molar refractivity (Wildman–Crippen MR) is 105 cm³/mol. The fourth-order valence-electron chi connectivity index (χ4n) is 3.53. The maximum Gasteiger partial charge on any atom is 0.261 e. The molecule has 138 valence electrons. The Bertz CT molecular complexity index is 1070. The van der Waals surface area contributed by atoms with Gasteiger partial charge in [0.2, 0.25) is 0 Å². The number of aryl methyl sites for hydroxylation is 2. The Labute approximate surface area is 157 Å². The normalized spacial score (nSPS) is 14.3. The van der Waals surface area contributed by atoms with Crippen LogP contribution in [0.3, 0.4) is 0 Å². The van der Waals surface area contributed by atoms with Crippen molar-refractivity contribution in [2.75, 3.05) is 5.32 Å². The predicted octanol–water partition coefficient (Wildman–Crippen LogP) is 3.47. The van der Waals surface area contributed by atoms with E-state index in [2.05, 4.69) is 10.3 Å². The molecule has 3 heterocycles. The minimum atomic E-state index is -0.257. The van der Waals surface area contributed by atoms with Crippen LogP contribution in [0.5, 0.6) is 0 Å². The second-order valence-corrected chi connectivity index (χ2v) is 7.00. The lowest BCUT2D eigenvalue weighted by Crippen LogP contribution is -2.26. The van der Waals surface area contributed by atoms with E-state index in [9.17, 15) is 9.59 Å². The van der Waals surface area contributed by atoms with Gasteiger partial charge in [0.1, 0.15) is 11.6 Å². The molecule has 0 saturated carbocycles. The number of carbonyl (C=O) groups is 1. The smallest absolute Gasteiger partial charge is 0.261 e. The lowest BCUT2D eigenvalue weighted by molar-refractivity contribution is 0.102. The van der Waals surface area contributed by atoms with Crippen LogP contribution in [0, 0.1) is 6.92 Å². The first-order valence-corrected chi connectivity index (χ1v) is 9.40. The Balaban J connectivity index is 1.71. The molecule has 1 amide bonds. The second-order valence-electron chi connectivity index (χ2n) is 7.00. The molecule has 0 spiro atoms. The highest BCUT2D eigenvalue weighted by atomic mass is 16.1. The topological polar surface area (TPSA) is 76.9 Å². The minimum absolute atomic E-state index is 0.00979. The van der Waals surface area contributed by atoms with Crippen LogP contribution < -0.4 is 10.9 Å². The lowest BCUT2D eigenvalue weighted by Gasteiger charge is -2.16. The highest BCUT2D eigenvalue weighted by Gasteiger charge is 2.15. The van der Waals surface area contributed by atoms with Gasteiger partial charge in [0.15, 0.2) is 0 Å². The molecule has 0 fully saturated rings. The van der Waals surface area contributed by atoms with Crippen LogP contribution in [0.2, 0.25) is 0 Å². The third-order valence-corrected chi connectivity index (χ3v) is 5.07. The fraction of sp³-hybridized carbons (Fsp3) is 0.333. The van der Waals surface area contributed by atoms with Crippen LogP contribution in [0.25, 0.3) is 10.9 Å². The number of nitrogens with one attached hydrogen (secondary N) is 1. The molecule has 0 radical (unpaired) electrons. The average molecular weight is 362 g/mol. The van der Waals surface area contributed by atoms with Gasteiger partial charge in [-0.05, 0) is 49.6 Å². The van der Waals surface area contributed by atoms with Crippen LogP contribution >= 0.6 is 0 Å². The number of nitrogens with zero attached hydrogens (tertiary/aromatic N) is 3. The van der Waals surface area contributed by atoms with E-state index in [1.807, 2.05) is 19.1 Å². The molecule has 0 unspecified atom stereocenters. The molecule has 1 N–H and O–H groups in total. The van der Waals surface area contributed by atoms with Crippen molar-refractivity contribution in [3.8, 4) is 0 Å². The number of carbonyl (C=O) groups excluding carboxylic acids is 1. The van der Waals surface area contributed by atoms with Gasteiger partial charge in [-0.25, -0.2) is 9.97 Å². The minimum Gasteiger partial charge on any atom is -0.306 e. The summed E-state index contributed by atoms with van der Waals surface area (Å²) in [7, 11) is 0. The molecular formula is C21H22N4O2. The Hall–Kier alpha value is -3.02. The molecule has 1 aliphatic rings. The number of hydrogen-bond donors (Lipinski definition) is 1. The molecule has 0 saturated heterocycles. The molecule has 6 heteroatoms. The van der Waals surface area contributed by atoms with E-state index in [0.717, 1.165) is 43.6 Å².